The maximum atomic E-state index is 13.0. The molecule has 1 fully saturated rings. The van der Waals surface area contributed by atoms with Crippen LogP contribution in [0.3, 0.4) is 0 Å². The van der Waals surface area contributed by atoms with Crippen molar-refractivity contribution >= 4 is 34.1 Å². The first-order valence-corrected chi connectivity index (χ1v) is 15.0. The Balaban J connectivity index is 1.98. The molecule has 13 nitrogen and oxygen atoms in total. The van der Waals surface area contributed by atoms with E-state index in [2.05, 4.69) is 4.98 Å². The maximum Gasteiger partial charge on any atom is 0.410 e. The van der Waals surface area contributed by atoms with Gasteiger partial charge in [-0.15, -0.1) is 0 Å². The van der Waals surface area contributed by atoms with E-state index in [-0.39, 0.29) is 52.4 Å². The molecule has 2 heterocycles. The summed E-state index contributed by atoms with van der Waals surface area (Å²) in [6.07, 6.45) is 1.90. The van der Waals surface area contributed by atoms with Crippen LogP contribution in [0.1, 0.15) is 41.6 Å². The van der Waals surface area contributed by atoms with Gasteiger partial charge in [0, 0.05) is 32.2 Å². The topological polar surface area (TPSA) is 164 Å². The summed E-state index contributed by atoms with van der Waals surface area (Å²) in [5.74, 6) is -2.67. The van der Waals surface area contributed by atoms with Crippen LogP contribution in [0.2, 0.25) is 0 Å². The molecular weight excluding hydrogens is 554 g/mol. The molecule has 1 aliphatic rings. The number of esters is 1. The van der Waals surface area contributed by atoms with Crippen molar-refractivity contribution in [1.82, 2.24) is 13.9 Å². The summed E-state index contributed by atoms with van der Waals surface area (Å²) in [6, 6.07) is 9.14. The van der Waals surface area contributed by atoms with E-state index in [1.54, 1.807) is 6.26 Å². The SMILES string of the molecule is CCOC(=O)c1nc(C2(OCCOSC)CCN(C(=O)OCc3ccccc3)CC2)n(S(C)(=O)=O)c(=O)c1O. The second-order valence-corrected chi connectivity index (χ2v) is 10.9. The molecular formula is C24H31N3O10S2. The van der Waals surface area contributed by atoms with E-state index in [1.807, 2.05) is 30.3 Å². The van der Waals surface area contributed by atoms with Gasteiger partial charge in [0.15, 0.2) is 11.5 Å². The summed E-state index contributed by atoms with van der Waals surface area (Å²) in [4.78, 5) is 43.8. The van der Waals surface area contributed by atoms with Crippen LogP contribution in [-0.2, 0) is 40.6 Å². The van der Waals surface area contributed by atoms with Crippen molar-refractivity contribution in [2.75, 3.05) is 45.4 Å². The van der Waals surface area contributed by atoms with E-state index in [4.69, 9.17) is 18.4 Å². The highest BCUT2D eigenvalue weighted by Crippen LogP contribution is 2.37. The summed E-state index contributed by atoms with van der Waals surface area (Å²) in [5.41, 5.74) is -2.82. The summed E-state index contributed by atoms with van der Waals surface area (Å²) >= 11 is 1.10. The first-order chi connectivity index (χ1) is 18.5. The molecule has 1 saturated heterocycles. The van der Waals surface area contributed by atoms with Gasteiger partial charge >= 0.3 is 17.6 Å². The first kappa shape index (κ1) is 30.4. The Morgan fingerprint density at radius 2 is 1.79 bits per heavy atom. The van der Waals surface area contributed by atoms with Crippen LogP contribution in [0, 0.1) is 0 Å². The van der Waals surface area contributed by atoms with Crippen LogP contribution in [-0.4, -0.2) is 84.9 Å². The number of aromatic nitrogens is 2. The average molecular weight is 586 g/mol. The van der Waals surface area contributed by atoms with Gasteiger partial charge in [0.25, 0.3) is 0 Å². The van der Waals surface area contributed by atoms with Crippen molar-refractivity contribution in [2.24, 2.45) is 0 Å². The minimum atomic E-state index is -4.32. The Hall–Kier alpha value is -3.14. The molecule has 15 heteroatoms. The van der Waals surface area contributed by atoms with Crippen molar-refractivity contribution in [1.29, 1.82) is 0 Å². The molecule has 1 aliphatic heterocycles. The molecule has 1 N–H and O–H groups in total. The van der Waals surface area contributed by atoms with Crippen LogP contribution in [0.5, 0.6) is 5.75 Å². The van der Waals surface area contributed by atoms with Crippen molar-refractivity contribution in [3.05, 3.63) is 57.8 Å². The van der Waals surface area contributed by atoms with Crippen LogP contribution in [0.4, 0.5) is 4.79 Å². The van der Waals surface area contributed by atoms with E-state index < -0.39 is 50.5 Å². The lowest BCUT2D eigenvalue weighted by Crippen LogP contribution is -2.50. The highest BCUT2D eigenvalue weighted by molar-refractivity contribution is 7.93. The molecule has 0 spiro atoms. The number of aromatic hydroxyl groups is 1. The fraction of sp³-hybridized carbons (Fsp3) is 0.500. The Morgan fingerprint density at radius 1 is 1.13 bits per heavy atom. The third kappa shape index (κ3) is 7.29. The fourth-order valence-corrected chi connectivity index (χ4v) is 5.23. The fourth-order valence-electron chi connectivity index (χ4n) is 4.08. The van der Waals surface area contributed by atoms with E-state index >= 15 is 0 Å². The second-order valence-electron chi connectivity index (χ2n) is 8.54. The predicted molar refractivity (Wildman–Crippen MR) is 141 cm³/mol. The summed E-state index contributed by atoms with van der Waals surface area (Å²) < 4.78 is 47.4. The van der Waals surface area contributed by atoms with Crippen LogP contribution >= 0.6 is 12.0 Å². The van der Waals surface area contributed by atoms with Crippen molar-refractivity contribution in [2.45, 2.75) is 32.0 Å². The van der Waals surface area contributed by atoms with Crippen LogP contribution in [0.15, 0.2) is 35.1 Å². The molecule has 1 aromatic carbocycles. The number of benzene rings is 1. The molecule has 2 aromatic rings. The van der Waals surface area contributed by atoms with Crippen LogP contribution < -0.4 is 5.56 Å². The maximum absolute atomic E-state index is 13.0. The molecule has 214 valence electrons. The monoisotopic (exact) mass is 585 g/mol. The number of likely N-dealkylation sites (tertiary alicyclic amines) is 1. The van der Waals surface area contributed by atoms with Crippen LogP contribution in [0.25, 0.3) is 0 Å². The molecule has 39 heavy (non-hydrogen) atoms. The quantitative estimate of drug-likeness (QED) is 0.232. The Morgan fingerprint density at radius 3 is 2.38 bits per heavy atom. The number of amides is 1. The standard InChI is InChI=1S/C24H31N3O10S2/c1-4-34-21(30)18-19(28)20(29)27(39(3,32)33)22(25-18)24(36-14-15-37-38-2)10-12-26(13-11-24)23(31)35-16-17-8-6-5-7-9-17/h5-9,28H,4,10-16H2,1-3H3. The third-order valence-electron chi connectivity index (χ3n) is 5.93. The van der Waals surface area contributed by atoms with Gasteiger partial charge in [0.1, 0.15) is 12.2 Å². The third-order valence-corrected chi connectivity index (χ3v) is 7.33. The Bertz CT molecular complexity index is 1320. The van der Waals surface area contributed by atoms with Crippen molar-refractivity contribution in [3.63, 3.8) is 0 Å². The van der Waals surface area contributed by atoms with E-state index in [0.29, 0.717) is 3.97 Å². The molecule has 0 radical (unpaired) electrons. The smallest absolute Gasteiger partial charge is 0.410 e. The normalized spacial score (nSPS) is 15.1. The molecule has 0 bridgehead atoms. The van der Waals surface area contributed by atoms with Gasteiger partial charge in [-0.05, 0) is 24.5 Å². The van der Waals surface area contributed by atoms with E-state index in [1.165, 1.54) is 11.8 Å². The van der Waals surface area contributed by atoms with Gasteiger partial charge in [-0.1, -0.05) is 30.3 Å². The van der Waals surface area contributed by atoms with Gasteiger partial charge in [-0.25, -0.2) is 23.0 Å². The highest BCUT2D eigenvalue weighted by atomic mass is 32.2. The molecule has 1 aromatic heterocycles. The van der Waals surface area contributed by atoms with Gasteiger partial charge in [-0.3, -0.25) is 4.79 Å². The molecule has 0 unspecified atom stereocenters. The van der Waals surface area contributed by atoms with Gasteiger partial charge < -0.3 is 28.4 Å². The lowest BCUT2D eigenvalue weighted by molar-refractivity contribution is -0.0997. The van der Waals surface area contributed by atoms with E-state index in [9.17, 15) is 27.9 Å². The highest BCUT2D eigenvalue weighted by Gasteiger charge is 2.45. The Labute approximate surface area is 230 Å². The van der Waals surface area contributed by atoms with E-state index in [0.717, 1.165) is 23.9 Å². The predicted octanol–water partition coefficient (Wildman–Crippen LogP) is 1.87. The summed E-state index contributed by atoms with van der Waals surface area (Å²) in [6.45, 7) is 1.75. The molecule has 3 rings (SSSR count). The number of carbonyl (C=O) groups excluding carboxylic acids is 2. The molecule has 0 saturated carbocycles. The summed E-state index contributed by atoms with van der Waals surface area (Å²) in [7, 11) is -4.32. The molecule has 1 amide bonds. The number of rotatable bonds is 11. The lowest BCUT2D eigenvalue weighted by atomic mass is 9.90. The van der Waals surface area contributed by atoms with Gasteiger partial charge in [0.2, 0.25) is 15.8 Å². The van der Waals surface area contributed by atoms with Crippen molar-refractivity contribution in [3.8, 4) is 5.75 Å². The van der Waals surface area contributed by atoms with Gasteiger partial charge in [-0.2, -0.15) is 3.97 Å². The number of piperidine rings is 1. The molecule has 0 atom stereocenters. The minimum absolute atomic E-state index is 0.00169. The lowest BCUT2D eigenvalue weighted by Gasteiger charge is -2.41. The number of ether oxygens (including phenoxy) is 3. The van der Waals surface area contributed by atoms with Crippen molar-refractivity contribution < 1.29 is 41.5 Å². The minimum Gasteiger partial charge on any atom is -0.501 e. The number of hydrogen-bond acceptors (Lipinski definition) is 12. The zero-order valence-electron chi connectivity index (χ0n) is 21.8. The largest absolute Gasteiger partial charge is 0.501 e. The number of hydrogen-bond donors (Lipinski definition) is 1. The Kier molecular flexibility index (Phi) is 10.4. The second kappa shape index (κ2) is 13.3. The average Bonchev–Trinajstić information content (AvgIpc) is 2.91. The number of nitrogens with zero attached hydrogens (tertiary/aromatic N) is 3. The number of carbonyl (C=O) groups is 2. The summed E-state index contributed by atoms with van der Waals surface area (Å²) in [5, 5.41) is 10.4. The molecule has 0 aliphatic carbocycles. The first-order valence-electron chi connectivity index (χ1n) is 12.0. The van der Waals surface area contributed by atoms with Gasteiger partial charge in [0.05, 0.1) is 26.1 Å². The zero-order chi connectivity index (χ0) is 28.6. The zero-order valence-corrected chi connectivity index (χ0v) is 23.5.